The molecule has 1 aromatic carbocycles. The molecule has 0 aromatic heterocycles. The zero-order chi connectivity index (χ0) is 12.1. The third-order valence-corrected chi connectivity index (χ3v) is 1.86. The van der Waals surface area contributed by atoms with E-state index in [-0.39, 0.29) is 5.57 Å². The first kappa shape index (κ1) is 11.8. The molecule has 0 radical (unpaired) electrons. The molecule has 0 fully saturated rings. The Morgan fingerprint density at radius 3 is 2.38 bits per heavy atom. The average molecular weight is 220 g/mol. The van der Waals surface area contributed by atoms with Gasteiger partial charge in [-0.05, 0) is 31.2 Å². The maximum atomic E-state index is 11.3. The van der Waals surface area contributed by atoms with Crippen molar-refractivity contribution < 1.29 is 14.7 Å². The first-order valence-electron chi connectivity index (χ1n) is 4.57. The molecule has 16 heavy (non-hydrogen) atoms. The number of anilines is 2. The predicted molar refractivity (Wildman–Crippen MR) is 60.9 cm³/mol. The fourth-order valence-corrected chi connectivity index (χ4v) is 1.00. The van der Waals surface area contributed by atoms with Gasteiger partial charge in [-0.2, -0.15) is 0 Å². The number of benzene rings is 1. The Hall–Kier alpha value is -2.30. The van der Waals surface area contributed by atoms with E-state index in [9.17, 15) is 9.59 Å². The minimum absolute atomic E-state index is 0.0204. The van der Waals surface area contributed by atoms with Crippen molar-refractivity contribution in [1.82, 2.24) is 0 Å². The molecule has 0 heterocycles. The van der Waals surface area contributed by atoms with E-state index in [0.29, 0.717) is 11.4 Å². The highest BCUT2D eigenvalue weighted by atomic mass is 16.4. The topological polar surface area (TPSA) is 92.4 Å². The molecule has 0 unspecified atom stereocenters. The van der Waals surface area contributed by atoms with E-state index in [4.69, 9.17) is 10.8 Å². The van der Waals surface area contributed by atoms with Gasteiger partial charge in [0.2, 0.25) is 5.91 Å². The second-order valence-electron chi connectivity index (χ2n) is 3.24. The van der Waals surface area contributed by atoms with Gasteiger partial charge in [-0.25, -0.2) is 4.79 Å². The number of carbonyl (C=O) groups is 2. The van der Waals surface area contributed by atoms with Gasteiger partial charge in [0.15, 0.2) is 0 Å². The van der Waals surface area contributed by atoms with Gasteiger partial charge in [0.1, 0.15) is 0 Å². The van der Waals surface area contributed by atoms with Crippen molar-refractivity contribution in [2.75, 3.05) is 11.1 Å². The lowest BCUT2D eigenvalue weighted by molar-refractivity contribution is -0.132. The van der Waals surface area contributed by atoms with Crippen LogP contribution in [0.4, 0.5) is 11.4 Å². The molecule has 4 N–H and O–H groups in total. The second-order valence-corrected chi connectivity index (χ2v) is 3.24. The van der Waals surface area contributed by atoms with Crippen LogP contribution in [0.5, 0.6) is 0 Å². The average Bonchev–Trinajstić information content (AvgIpc) is 2.21. The largest absolute Gasteiger partial charge is 0.478 e. The van der Waals surface area contributed by atoms with Crippen LogP contribution in [-0.2, 0) is 9.59 Å². The maximum Gasteiger partial charge on any atom is 0.331 e. The third kappa shape index (κ3) is 3.45. The Morgan fingerprint density at radius 2 is 1.88 bits per heavy atom. The maximum absolute atomic E-state index is 11.3. The van der Waals surface area contributed by atoms with Crippen LogP contribution in [-0.4, -0.2) is 17.0 Å². The highest BCUT2D eigenvalue weighted by Crippen LogP contribution is 2.10. The van der Waals surface area contributed by atoms with Crippen LogP contribution in [0, 0.1) is 0 Å². The minimum Gasteiger partial charge on any atom is -0.478 e. The van der Waals surface area contributed by atoms with Crippen molar-refractivity contribution >= 4 is 23.3 Å². The molecule has 84 valence electrons. The van der Waals surface area contributed by atoms with E-state index in [2.05, 4.69) is 5.32 Å². The smallest absolute Gasteiger partial charge is 0.331 e. The summed E-state index contributed by atoms with van der Waals surface area (Å²) < 4.78 is 0. The first-order chi connectivity index (χ1) is 7.49. The second kappa shape index (κ2) is 4.97. The normalized spacial score (nSPS) is 10.9. The van der Waals surface area contributed by atoms with Crippen LogP contribution in [0.25, 0.3) is 0 Å². The summed E-state index contributed by atoms with van der Waals surface area (Å²) in [5.41, 5.74) is 6.61. The molecule has 5 nitrogen and oxygen atoms in total. The van der Waals surface area contributed by atoms with Crippen LogP contribution in [0.1, 0.15) is 6.92 Å². The molecule has 0 aliphatic carbocycles. The van der Waals surface area contributed by atoms with E-state index in [0.717, 1.165) is 6.08 Å². The van der Waals surface area contributed by atoms with E-state index in [1.807, 2.05) is 0 Å². The molecular formula is C11H12N2O3. The number of carboxylic acids is 1. The van der Waals surface area contributed by atoms with Crippen LogP contribution in [0.3, 0.4) is 0 Å². The highest BCUT2D eigenvalue weighted by Gasteiger charge is 2.04. The Bertz CT molecular complexity index is 435. The van der Waals surface area contributed by atoms with E-state index >= 15 is 0 Å². The molecule has 0 spiro atoms. The molecule has 5 heteroatoms. The summed E-state index contributed by atoms with van der Waals surface area (Å²) in [6.07, 6.45) is 1.03. The van der Waals surface area contributed by atoms with Gasteiger partial charge < -0.3 is 16.2 Å². The number of nitrogens with two attached hydrogens (primary N) is 1. The van der Waals surface area contributed by atoms with Gasteiger partial charge in [0.25, 0.3) is 0 Å². The third-order valence-electron chi connectivity index (χ3n) is 1.86. The molecule has 0 saturated heterocycles. The number of aliphatic carboxylic acids is 1. The van der Waals surface area contributed by atoms with Crippen molar-refractivity contribution in [2.45, 2.75) is 6.92 Å². The molecule has 1 aromatic rings. The number of amides is 1. The van der Waals surface area contributed by atoms with Crippen LogP contribution < -0.4 is 11.1 Å². The van der Waals surface area contributed by atoms with Gasteiger partial charge in [-0.1, -0.05) is 0 Å². The number of nitrogens with one attached hydrogen (secondary N) is 1. The summed E-state index contributed by atoms with van der Waals surface area (Å²) in [6, 6.07) is 6.56. The fraction of sp³-hybridized carbons (Fsp3) is 0.0909. The molecule has 1 rings (SSSR count). The molecule has 0 saturated carbocycles. The quantitative estimate of drug-likeness (QED) is 0.527. The molecule has 0 bridgehead atoms. The standard InChI is InChI=1S/C11H12N2O3/c1-7(11(15)16)6-10(14)13-9-4-2-8(12)3-5-9/h2-6H,12H2,1H3,(H,13,14)(H,15,16)/b7-6-. The number of rotatable bonds is 3. The van der Waals surface area contributed by atoms with Crippen molar-refractivity contribution in [2.24, 2.45) is 0 Å². The molecule has 0 atom stereocenters. The van der Waals surface area contributed by atoms with Crippen molar-refractivity contribution in [1.29, 1.82) is 0 Å². The number of carbonyl (C=O) groups excluding carboxylic acids is 1. The number of carboxylic acid groups (broad SMARTS) is 1. The van der Waals surface area contributed by atoms with Gasteiger partial charge in [-0.15, -0.1) is 0 Å². The monoisotopic (exact) mass is 220 g/mol. The van der Waals surface area contributed by atoms with Crippen molar-refractivity contribution in [3.63, 3.8) is 0 Å². The Kier molecular flexibility index (Phi) is 3.66. The van der Waals surface area contributed by atoms with Crippen molar-refractivity contribution in [3.8, 4) is 0 Å². The Morgan fingerprint density at radius 1 is 1.31 bits per heavy atom. The molecule has 1 amide bonds. The summed E-state index contributed by atoms with van der Waals surface area (Å²) >= 11 is 0. The Balaban J connectivity index is 2.68. The van der Waals surface area contributed by atoms with Gasteiger partial charge in [0, 0.05) is 23.0 Å². The molecule has 0 aliphatic rings. The number of hydrogen-bond acceptors (Lipinski definition) is 3. The summed E-state index contributed by atoms with van der Waals surface area (Å²) in [6.45, 7) is 1.35. The first-order valence-corrected chi connectivity index (χ1v) is 4.57. The van der Waals surface area contributed by atoms with Crippen LogP contribution >= 0.6 is 0 Å². The van der Waals surface area contributed by atoms with Crippen molar-refractivity contribution in [3.05, 3.63) is 35.9 Å². The zero-order valence-electron chi connectivity index (χ0n) is 8.73. The van der Waals surface area contributed by atoms with Gasteiger partial charge >= 0.3 is 5.97 Å². The summed E-state index contributed by atoms with van der Waals surface area (Å²) in [4.78, 5) is 21.8. The number of nitrogen functional groups attached to an aromatic ring is 1. The van der Waals surface area contributed by atoms with Gasteiger partial charge in [-0.3, -0.25) is 4.79 Å². The zero-order valence-corrected chi connectivity index (χ0v) is 8.73. The minimum atomic E-state index is -1.12. The van der Waals surface area contributed by atoms with Crippen LogP contribution in [0.2, 0.25) is 0 Å². The SMILES string of the molecule is C/C(=C/C(=O)Nc1ccc(N)cc1)C(=O)O. The number of hydrogen-bond donors (Lipinski definition) is 3. The Labute approximate surface area is 92.6 Å². The van der Waals surface area contributed by atoms with Gasteiger partial charge in [0.05, 0.1) is 0 Å². The van der Waals surface area contributed by atoms with E-state index in [1.165, 1.54) is 6.92 Å². The van der Waals surface area contributed by atoms with Crippen LogP contribution in [0.15, 0.2) is 35.9 Å². The van der Waals surface area contributed by atoms with E-state index in [1.54, 1.807) is 24.3 Å². The summed E-state index contributed by atoms with van der Waals surface area (Å²) in [7, 11) is 0. The predicted octanol–water partition coefficient (Wildman–Crippen LogP) is 1.24. The molecular weight excluding hydrogens is 208 g/mol. The fourth-order valence-electron chi connectivity index (χ4n) is 1.00. The summed E-state index contributed by atoms with van der Waals surface area (Å²) in [5.74, 6) is -1.60. The highest BCUT2D eigenvalue weighted by molar-refractivity contribution is 6.04. The van der Waals surface area contributed by atoms with E-state index < -0.39 is 11.9 Å². The lowest BCUT2D eigenvalue weighted by atomic mass is 10.2. The summed E-state index contributed by atoms with van der Waals surface area (Å²) in [5, 5.41) is 11.1. The lowest BCUT2D eigenvalue weighted by Gasteiger charge is -2.02. The lowest BCUT2D eigenvalue weighted by Crippen LogP contribution is -2.10. The molecule has 0 aliphatic heterocycles.